The first-order valence-electron chi connectivity index (χ1n) is 6.44. The fourth-order valence-corrected chi connectivity index (χ4v) is 3.44. The lowest BCUT2D eigenvalue weighted by Crippen LogP contribution is -2.20. The number of carbonyl (C=O) groups excluding carboxylic acids is 1. The number of hydrogen-bond donors (Lipinski definition) is 0. The van der Waals surface area contributed by atoms with Gasteiger partial charge in [-0.15, -0.1) is 0 Å². The molecule has 1 aliphatic rings. The van der Waals surface area contributed by atoms with Crippen LogP contribution < -0.4 is 0 Å². The van der Waals surface area contributed by atoms with Gasteiger partial charge in [-0.05, 0) is 30.1 Å². The average Bonchev–Trinajstić information content (AvgIpc) is 2.39. The summed E-state index contributed by atoms with van der Waals surface area (Å²) in [5, 5.41) is 0.202. The van der Waals surface area contributed by atoms with Crippen molar-refractivity contribution in [3.63, 3.8) is 0 Å². The molecule has 0 N–H and O–H groups in total. The zero-order valence-electron chi connectivity index (χ0n) is 10.6. The first-order chi connectivity index (χ1) is 8.18. The van der Waals surface area contributed by atoms with Crippen LogP contribution in [0.3, 0.4) is 0 Å². The molecular weight excluding hydrogens is 228 g/mol. The van der Waals surface area contributed by atoms with Gasteiger partial charge in [0.1, 0.15) is 0 Å². The van der Waals surface area contributed by atoms with E-state index in [0.29, 0.717) is 11.7 Å². The summed E-state index contributed by atoms with van der Waals surface area (Å²) in [6.45, 7) is 4.35. The Hall–Kier alpha value is -0.760. The lowest BCUT2D eigenvalue weighted by molar-refractivity contribution is 0.0985. The van der Waals surface area contributed by atoms with E-state index in [4.69, 9.17) is 0 Å². The normalized spacial score (nSPS) is 20.5. The summed E-state index contributed by atoms with van der Waals surface area (Å²) in [7, 11) is 0. The van der Waals surface area contributed by atoms with Crippen molar-refractivity contribution in [3.8, 4) is 0 Å². The van der Waals surface area contributed by atoms with E-state index >= 15 is 0 Å². The molecule has 1 aliphatic heterocycles. The highest BCUT2D eigenvalue weighted by molar-refractivity contribution is 8.00. The highest BCUT2D eigenvalue weighted by Gasteiger charge is 2.22. The van der Waals surface area contributed by atoms with Crippen molar-refractivity contribution >= 4 is 17.5 Å². The molecular formula is C15H20OS. The largest absolute Gasteiger partial charge is 0.293 e. The highest BCUT2D eigenvalue weighted by Crippen LogP contribution is 2.28. The van der Waals surface area contributed by atoms with E-state index in [2.05, 4.69) is 26.0 Å². The predicted molar refractivity (Wildman–Crippen MR) is 75.0 cm³/mol. The third-order valence-electron chi connectivity index (χ3n) is 3.33. The van der Waals surface area contributed by atoms with Crippen LogP contribution >= 0.6 is 11.8 Å². The Labute approximate surface area is 108 Å². The molecule has 1 aromatic carbocycles. The molecule has 0 amide bonds. The van der Waals surface area contributed by atoms with Crippen molar-refractivity contribution in [2.75, 3.05) is 5.75 Å². The van der Waals surface area contributed by atoms with E-state index in [1.807, 2.05) is 23.9 Å². The summed E-state index contributed by atoms with van der Waals surface area (Å²) in [5.41, 5.74) is 2.19. The minimum absolute atomic E-state index is 0.202. The van der Waals surface area contributed by atoms with Crippen molar-refractivity contribution in [1.82, 2.24) is 0 Å². The van der Waals surface area contributed by atoms with Gasteiger partial charge in [0.2, 0.25) is 0 Å². The topological polar surface area (TPSA) is 17.1 Å². The molecule has 1 aromatic rings. The van der Waals surface area contributed by atoms with Gasteiger partial charge < -0.3 is 0 Å². The van der Waals surface area contributed by atoms with E-state index in [9.17, 15) is 4.79 Å². The molecule has 1 heterocycles. The van der Waals surface area contributed by atoms with Crippen molar-refractivity contribution in [1.29, 1.82) is 0 Å². The first-order valence-corrected chi connectivity index (χ1v) is 7.49. The molecule has 17 heavy (non-hydrogen) atoms. The first kappa shape index (κ1) is 12.7. The molecule has 1 atom stereocenters. The van der Waals surface area contributed by atoms with Gasteiger partial charge in [0.05, 0.1) is 5.25 Å². The van der Waals surface area contributed by atoms with Crippen LogP contribution in [0, 0.1) is 0 Å². The van der Waals surface area contributed by atoms with Crippen LogP contribution in [-0.2, 0) is 0 Å². The maximum Gasteiger partial charge on any atom is 0.175 e. The monoisotopic (exact) mass is 248 g/mol. The molecule has 1 fully saturated rings. The highest BCUT2D eigenvalue weighted by atomic mass is 32.2. The lowest BCUT2D eigenvalue weighted by atomic mass is 9.98. The molecule has 0 spiro atoms. The van der Waals surface area contributed by atoms with Gasteiger partial charge in [-0.1, -0.05) is 44.5 Å². The van der Waals surface area contributed by atoms with Crippen LogP contribution in [0.4, 0.5) is 0 Å². The van der Waals surface area contributed by atoms with Crippen LogP contribution in [0.2, 0.25) is 0 Å². The summed E-state index contributed by atoms with van der Waals surface area (Å²) in [4.78, 5) is 12.3. The van der Waals surface area contributed by atoms with Crippen molar-refractivity contribution in [2.24, 2.45) is 0 Å². The van der Waals surface area contributed by atoms with Gasteiger partial charge in [0, 0.05) is 5.56 Å². The second kappa shape index (κ2) is 5.72. The van der Waals surface area contributed by atoms with E-state index < -0.39 is 0 Å². The fourth-order valence-electron chi connectivity index (χ4n) is 2.17. The number of carbonyl (C=O) groups is 1. The van der Waals surface area contributed by atoms with Gasteiger partial charge in [-0.2, -0.15) is 11.8 Å². The predicted octanol–water partition coefficient (Wildman–Crippen LogP) is 4.28. The molecule has 0 saturated carbocycles. The van der Waals surface area contributed by atoms with Gasteiger partial charge in [-0.3, -0.25) is 4.79 Å². The molecule has 2 heteroatoms. The molecule has 1 unspecified atom stereocenters. The fraction of sp³-hybridized carbons (Fsp3) is 0.533. The maximum atomic E-state index is 12.3. The summed E-state index contributed by atoms with van der Waals surface area (Å²) < 4.78 is 0. The van der Waals surface area contributed by atoms with Crippen molar-refractivity contribution in [2.45, 2.75) is 44.3 Å². The quantitative estimate of drug-likeness (QED) is 0.743. The molecule has 0 radical (unpaired) electrons. The molecule has 0 bridgehead atoms. The van der Waals surface area contributed by atoms with Crippen LogP contribution in [0.15, 0.2) is 24.3 Å². The van der Waals surface area contributed by atoms with Crippen LogP contribution in [0.5, 0.6) is 0 Å². The number of thioether (sulfide) groups is 1. The van der Waals surface area contributed by atoms with E-state index in [1.54, 1.807) is 0 Å². The maximum absolute atomic E-state index is 12.3. The summed E-state index contributed by atoms with van der Waals surface area (Å²) >= 11 is 1.83. The Morgan fingerprint density at radius 2 is 1.94 bits per heavy atom. The van der Waals surface area contributed by atoms with Crippen molar-refractivity contribution < 1.29 is 4.79 Å². The average molecular weight is 248 g/mol. The Kier molecular flexibility index (Phi) is 4.27. The number of rotatable bonds is 3. The van der Waals surface area contributed by atoms with Gasteiger partial charge >= 0.3 is 0 Å². The number of benzene rings is 1. The van der Waals surface area contributed by atoms with Gasteiger partial charge in [0.25, 0.3) is 0 Å². The van der Waals surface area contributed by atoms with E-state index in [-0.39, 0.29) is 5.25 Å². The minimum atomic E-state index is 0.202. The summed E-state index contributed by atoms with van der Waals surface area (Å²) in [5.74, 6) is 1.99. The minimum Gasteiger partial charge on any atom is -0.293 e. The van der Waals surface area contributed by atoms with Gasteiger partial charge in [-0.25, -0.2) is 0 Å². The Morgan fingerprint density at radius 1 is 1.24 bits per heavy atom. The van der Waals surface area contributed by atoms with Crippen LogP contribution in [-0.4, -0.2) is 16.8 Å². The van der Waals surface area contributed by atoms with E-state index in [1.165, 1.54) is 18.4 Å². The Morgan fingerprint density at radius 3 is 2.47 bits per heavy atom. The standard InChI is InChI=1S/C15H20OS/c1-11(2)12-6-8-13(9-7-12)15(16)14-5-3-4-10-17-14/h6-9,11,14H,3-5,10H2,1-2H3. The third kappa shape index (κ3) is 3.12. The molecule has 92 valence electrons. The molecule has 0 aliphatic carbocycles. The van der Waals surface area contributed by atoms with Crippen LogP contribution in [0.1, 0.15) is 54.9 Å². The Balaban J connectivity index is 2.08. The Bertz CT molecular complexity index is 374. The number of hydrogen-bond acceptors (Lipinski definition) is 2. The summed E-state index contributed by atoms with van der Waals surface area (Å²) in [6, 6.07) is 8.16. The third-order valence-corrected chi connectivity index (χ3v) is 4.71. The smallest absolute Gasteiger partial charge is 0.175 e. The second-order valence-corrected chi connectivity index (χ2v) is 6.31. The molecule has 0 aromatic heterocycles. The summed E-state index contributed by atoms with van der Waals surface area (Å²) in [6.07, 6.45) is 3.52. The number of Topliss-reactive ketones (excluding diaryl/α,β-unsaturated/α-hetero) is 1. The number of ketones is 1. The SMILES string of the molecule is CC(C)c1ccc(C(=O)C2CCCCS2)cc1. The zero-order chi connectivity index (χ0) is 12.3. The second-order valence-electron chi connectivity index (χ2n) is 5.00. The molecule has 2 rings (SSSR count). The lowest BCUT2D eigenvalue weighted by Gasteiger charge is -2.20. The van der Waals surface area contributed by atoms with E-state index in [0.717, 1.165) is 17.7 Å². The molecule has 1 saturated heterocycles. The van der Waals surface area contributed by atoms with Crippen LogP contribution in [0.25, 0.3) is 0 Å². The zero-order valence-corrected chi connectivity index (χ0v) is 11.4. The van der Waals surface area contributed by atoms with Gasteiger partial charge in [0.15, 0.2) is 5.78 Å². The van der Waals surface area contributed by atoms with Crippen molar-refractivity contribution in [3.05, 3.63) is 35.4 Å². The molecule has 1 nitrogen and oxygen atoms in total.